The molecule has 0 aliphatic carbocycles. The molecule has 0 unspecified atom stereocenters. The van der Waals surface area contributed by atoms with Gasteiger partial charge in [0.1, 0.15) is 11.8 Å². The van der Waals surface area contributed by atoms with E-state index in [9.17, 15) is 14.4 Å². The third-order valence-corrected chi connectivity index (χ3v) is 4.73. The summed E-state index contributed by atoms with van der Waals surface area (Å²) in [6.45, 7) is 1.79. The molecule has 7 heteroatoms. The molecule has 2 fully saturated rings. The van der Waals surface area contributed by atoms with E-state index in [2.05, 4.69) is 5.32 Å². The zero-order valence-electron chi connectivity index (χ0n) is 14.4. The van der Waals surface area contributed by atoms with Crippen molar-refractivity contribution < 1.29 is 19.1 Å². The number of imide groups is 1. The fourth-order valence-electron chi connectivity index (χ4n) is 3.23. The van der Waals surface area contributed by atoms with Gasteiger partial charge in [-0.3, -0.25) is 14.5 Å². The van der Waals surface area contributed by atoms with Gasteiger partial charge in [-0.15, -0.1) is 0 Å². The van der Waals surface area contributed by atoms with Gasteiger partial charge in [0.25, 0.3) is 5.91 Å². The van der Waals surface area contributed by atoms with E-state index in [-0.39, 0.29) is 18.2 Å². The molecule has 4 amide bonds. The third kappa shape index (κ3) is 3.92. The smallest absolute Gasteiger partial charge is 0.324 e. The van der Waals surface area contributed by atoms with Gasteiger partial charge in [0.15, 0.2) is 0 Å². The average Bonchev–Trinajstić information content (AvgIpc) is 3.24. The molecule has 0 spiro atoms. The van der Waals surface area contributed by atoms with Crippen LogP contribution in [0.25, 0.3) is 0 Å². The summed E-state index contributed by atoms with van der Waals surface area (Å²) in [5.41, 5.74) is 1.01. The molecule has 0 radical (unpaired) electrons. The minimum absolute atomic E-state index is 0.0452. The highest BCUT2D eigenvalue weighted by Crippen LogP contribution is 2.16. The average molecular weight is 345 g/mol. The van der Waals surface area contributed by atoms with Crippen molar-refractivity contribution in [2.45, 2.75) is 31.7 Å². The third-order valence-electron chi connectivity index (χ3n) is 4.73. The normalized spacial score (nSPS) is 20.1. The van der Waals surface area contributed by atoms with Crippen LogP contribution in [0.1, 0.15) is 24.8 Å². The maximum Gasteiger partial charge on any atom is 0.324 e. The predicted octanol–water partition coefficient (Wildman–Crippen LogP) is 1.17. The van der Waals surface area contributed by atoms with Crippen LogP contribution in [0.15, 0.2) is 24.3 Å². The van der Waals surface area contributed by atoms with Crippen molar-refractivity contribution in [2.75, 3.05) is 26.7 Å². The number of likely N-dealkylation sites (tertiary alicyclic amines) is 1. The number of methoxy groups -OCH3 is 1. The second kappa shape index (κ2) is 7.55. The number of hydrogen-bond acceptors (Lipinski definition) is 4. The van der Waals surface area contributed by atoms with Gasteiger partial charge >= 0.3 is 6.03 Å². The zero-order valence-corrected chi connectivity index (χ0v) is 14.4. The molecule has 25 heavy (non-hydrogen) atoms. The monoisotopic (exact) mass is 345 g/mol. The van der Waals surface area contributed by atoms with Crippen LogP contribution in [-0.4, -0.2) is 60.4 Å². The van der Waals surface area contributed by atoms with Gasteiger partial charge in [-0.2, -0.15) is 0 Å². The van der Waals surface area contributed by atoms with E-state index in [0.717, 1.165) is 37.2 Å². The number of rotatable bonds is 6. The van der Waals surface area contributed by atoms with E-state index < -0.39 is 12.1 Å². The molecule has 0 bridgehead atoms. The Balaban J connectivity index is 1.54. The lowest BCUT2D eigenvalue weighted by atomic mass is 10.1. The molecule has 3 rings (SSSR count). The van der Waals surface area contributed by atoms with Gasteiger partial charge < -0.3 is 15.0 Å². The zero-order chi connectivity index (χ0) is 17.8. The van der Waals surface area contributed by atoms with Crippen LogP contribution in [-0.2, 0) is 16.0 Å². The summed E-state index contributed by atoms with van der Waals surface area (Å²) in [7, 11) is 1.60. The quantitative estimate of drug-likeness (QED) is 0.785. The Morgan fingerprint density at radius 1 is 1.20 bits per heavy atom. The summed E-state index contributed by atoms with van der Waals surface area (Å²) in [6, 6.07) is 6.35. The molecule has 1 aromatic carbocycles. The largest absolute Gasteiger partial charge is 0.497 e. The molecule has 1 N–H and O–H groups in total. The Morgan fingerprint density at radius 3 is 2.52 bits per heavy atom. The van der Waals surface area contributed by atoms with E-state index >= 15 is 0 Å². The van der Waals surface area contributed by atoms with Gasteiger partial charge in [0.2, 0.25) is 5.91 Å². The first-order valence-corrected chi connectivity index (χ1v) is 8.61. The van der Waals surface area contributed by atoms with Crippen LogP contribution in [0.3, 0.4) is 0 Å². The second-order valence-electron chi connectivity index (χ2n) is 6.38. The lowest BCUT2D eigenvalue weighted by Crippen LogP contribution is -2.38. The number of urea groups is 1. The summed E-state index contributed by atoms with van der Waals surface area (Å²) >= 11 is 0. The molecule has 1 atom stereocenters. The van der Waals surface area contributed by atoms with Crippen molar-refractivity contribution in [2.24, 2.45) is 0 Å². The van der Waals surface area contributed by atoms with Crippen molar-refractivity contribution in [3.8, 4) is 5.75 Å². The van der Waals surface area contributed by atoms with Gasteiger partial charge in [-0.05, 0) is 37.0 Å². The highest BCUT2D eigenvalue weighted by Gasteiger charge is 2.39. The van der Waals surface area contributed by atoms with Crippen LogP contribution in [0.4, 0.5) is 4.79 Å². The fraction of sp³-hybridized carbons (Fsp3) is 0.500. The first-order valence-electron chi connectivity index (χ1n) is 8.61. The van der Waals surface area contributed by atoms with E-state index in [1.54, 1.807) is 12.0 Å². The summed E-state index contributed by atoms with van der Waals surface area (Å²) in [6.07, 6.45) is 2.62. The molecule has 0 aromatic heterocycles. The number of carbonyl (C=O) groups excluding carboxylic acids is 3. The van der Waals surface area contributed by atoms with Gasteiger partial charge in [-0.1, -0.05) is 12.1 Å². The molecule has 134 valence electrons. The van der Waals surface area contributed by atoms with Gasteiger partial charge in [0, 0.05) is 19.6 Å². The number of amides is 4. The van der Waals surface area contributed by atoms with Crippen molar-refractivity contribution in [1.29, 1.82) is 0 Å². The lowest BCUT2D eigenvalue weighted by molar-refractivity contribution is -0.135. The summed E-state index contributed by atoms with van der Waals surface area (Å²) in [4.78, 5) is 39.7. The molecular formula is C18H23N3O4. The minimum Gasteiger partial charge on any atom is -0.497 e. The Labute approximate surface area is 146 Å². The Morgan fingerprint density at radius 2 is 1.88 bits per heavy atom. The van der Waals surface area contributed by atoms with Crippen LogP contribution >= 0.6 is 0 Å². The van der Waals surface area contributed by atoms with Crippen LogP contribution in [0.5, 0.6) is 5.75 Å². The number of nitrogens with one attached hydrogen (secondary N) is 1. The highest BCUT2D eigenvalue weighted by atomic mass is 16.5. The standard InChI is InChI=1S/C18H23N3O4/c1-25-14-6-4-13(5-7-14)8-11-21-17(23)15(19-18(21)24)12-16(22)20-9-2-3-10-20/h4-7,15H,2-3,8-12H2,1H3,(H,19,24)/t15-/m1/s1. The molecular weight excluding hydrogens is 322 g/mol. The number of nitrogens with zero attached hydrogens (tertiary/aromatic N) is 2. The fourth-order valence-corrected chi connectivity index (χ4v) is 3.23. The van der Waals surface area contributed by atoms with Gasteiger partial charge in [0.05, 0.1) is 13.5 Å². The molecule has 7 nitrogen and oxygen atoms in total. The molecule has 2 aliphatic heterocycles. The van der Waals surface area contributed by atoms with E-state index in [4.69, 9.17) is 4.74 Å². The SMILES string of the molecule is COc1ccc(CCN2C(=O)N[C@H](CC(=O)N3CCCC3)C2=O)cc1. The second-order valence-corrected chi connectivity index (χ2v) is 6.38. The highest BCUT2D eigenvalue weighted by molar-refractivity contribution is 6.05. The molecule has 1 aromatic rings. The van der Waals surface area contributed by atoms with Crippen LogP contribution in [0.2, 0.25) is 0 Å². The Bertz CT molecular complexity index is 653. The van der Waals surface area contributed by atoms with Crippen molar-refractivity contribution >= 4 is 17.8 Å². The lowest BCUT2D eigenvalue weighted by Gasteiger charge is -2.17. The molecule has 2 saturated heterocycles. The Hall–Kier alpha value is -2.57. The molecule has 0 saturated carbocycles. The molecule has 2 heterocycles. The maximum absolute atomic E-state index is 12.4. The van der Waals surface area contributed by atoms with Crippen molar-refractivity contribution in [1.82, 2.24) is 15.1 Å². The number of hydrogen-bond donors (Lipinski definition) is 1. The summed E-state index contributed by atoms with van der Waals surface area (Å²) < 4.78 is 5.11. The first-order chi connectivity index (χ1) is 12.1. The minimum atomic E-state index is -0.739. The van der Waals surface area contributed by atoms with Gasteiger partial charge in [-0.25, -0.2) is 4.79 Å². The maximum atomic E-state index is 12.4. The van der Waals surface area contributed by atoms with E-state index in [1.807, 2.05) is 24.3 Å². The number of carbonyl (C=O) groups is 3. The number of benzene rings is 1. The summed E-state index contributed by atoms with van der Waals surface area (Å²) in [5.74, 6) is 0.387. The van der Waals surface area contributed by atoms with Crippen LogP contribution in [0, 0.1) is 0 Å². The predicted molar refractivity (Wildman–Crippen MR) is 91.2 cm³/mol. The first kappa shape index (κ1) is 17.3. The molecule has 2 aliphatic rings. The topological polar surface area (TPSA) is 79.0 Å². The van der Waals surface area contributed by atoms with Crippen LogP contribution < -0.4 is 10.1 Å². The number of ether oxygens (including phenoxy) is 1. The van der Waals surface area contributed by atoms with E-state index in [0.29, 0.717) is 13.0 Å². The Kier molecular flexibility index (Phi) is 5.21. The van der Waals surface area contributed by atoms with E-state index in [1.165, 1.54) is 4.90 Å². The van der Waals surface area contributed by atoms with Crippen molar-refractivity contribution in [3.63, 3.8) is 0 Å². The van der Waals surface area contributed by atoms with Crippen molar-refractivity contribution in [3.05, 3.63) is 29.8 Å². The summed E-state index contributed by atoms with van der Waals surface area (Å²) in [5, 5.41) is 2.63.